The Hall–Kier alpha value is -1.11. The largest absolute Gasteiger partial charge is 0.478 e. The Morgan fingerprint density at radius 2 is 2.00 bits per heavy atom. The van der Waals surface area contributed by atoms with Gasteiger partial charge in [-0.25, -0.2) is 17.9 Å². The Kier molecular flexibility index (Phi) is 3.36. The molecule has 0 aliphatic heterocycles. The van der Waals surface area contributed by atoms with Crippen LogP contribution in [0.3, 0.4) is 0 Å². The second-order valence-corrected chi connectivity index (χ2v) is 7.14. The normalized spacial score (nSPS) is 17.2. The molecule has 1 aliphatic carbocycles. The Labute approximate surface area is 116 Å². The molecule has 104 valence electrons. The van der Waals surface area contributed by atoms with Gasteiger partial charge >= 0.3 is 5.97 Å². The van der Waals surface area contributed by atoms with Crippen LogP contribution in [0.5, 0.6) is 0 Å². The number of aromatic carboxylic acids is 1. The van der Waals surface area contributed by atoms with E-state index in [2.05, 4.69) is 4.72 Å². The number of halogens is 1. The highest BCUT2D eigenvalue weighted by atomic mass is 35.5. The summed E-state index contributed by atoms with van der Waals surface area (Å²) in [6, 6.07) is 2.52. The molecule has 19 heavy (non-hydrogen) atoms. The summed E-state index contributed by atoms with van der Waals surface area (Å²) in [6.45, 7) is 3.27. The Morgan fingerprint density at radius 1 is 1.42 bits per heavy atom. The van der Waals surface area contributed by atoms with Crippen molar-refractivity contribution >= 4 is 27.6 Å². The highest BCUT2D eigenvalue weighted by Gasteiger charge is 2.41. The fraction of sp³-hybridized carbons (Fsp3) is 0.417. The van der Waals surface area contributed by atoms with E-state index in [1.54, 1.807) is 0 Å². The van der Waals surface area contributed by atoms with Crippen molar-refractivity contribution in [1.29, 1.82) is 0 Å². The molecule has 0 unspecified atom stereocenters. The first kappa shape index (κ1) is 14.3. The van der Waals surface area contributed by atoms with Crippen molar-refractivity contribution < 1.29 is 18.3 Å². The molecule has 0 atom stereocenters. The van der Waals surface area contributed by atoms with E-state index >= 15 is 0 Å². The highest BCUT2D eigenvalue weighted by Crippen LogP contribution is 2.36. The third kappa shape index (κ3) is 2.91. The summed E-state index contributed by atoms with van der Waals surface area (Å²) in [5.41, 5.74) is -0.334. The number of carboxylic acids is 1. The molecule has 2 rings (SSSR count). The van der Waals surface area contributed by atoms with Crippen molar-refractivity contribution in [3.8, 4) is 0 Å². The van der Waals surface area contributed by atoms with Crippen LogP contribution in [0.2, 0.25) is 5.02 Å². The lowest BCUT2D eigenvalue weighted by atomic mass is 10.1. The number of benzene rings is 1. The number of hydrogen-bond acceptors (Lipinski definition) is 3. The molecule has 0 amide bonds. The number of nitrogens with one attached hydrogen (secondary N) is 1. The summed E-state index contributed by atoms with van der Waals surface area (Å²) < 4.78 is 27.1. The summed E-state index contributed by atoms with van der Waals surface area (Å²) in [7, 11) is -3.76. The maximum Gasteiger partial charge on any atom is 0.336 e. The summed E-state index contributed by atoms with van der Waals surface area (Å²) in [5.74, 6) is -1.20. The lowest BCUT2D eigenvalue weighted by molar-refractivity contribution is 0.0696. The van der Waals surface area contributed by atoms with Crippen LogP contribution in [0.15, 0.2) is 17.0 Å². The van der Waals surface area contributed by atoms with Crippen LogP contribution in [0.4, 0.5) is 0 Å². The molecular weight excluding hydrogens is 290 g/mol. The van der Waals surface area contributed by atoms with Crippen molar-refractivity contribution in [2.24, 2.45) is 0 Å². The lowest BCUT2D eigenvalue weighted by Crippen LogP contribution is -2.34. The molecule has 1 aliphatic rings. The molecule has 0 aromatic heterocycles. The molecule has 0 heterocycles. The van der Waals surface area contributed by atoms with Gasteiger partial charge in [0.05, 0.1) is 10.5 Å². The van der Waals surface area contributed by atoms with Crippen molar-refractivity contribution in [2.75, 3.05) is 0 Å². The average molecular weight is 304 g/mol. The number of carboxylic acid groups (broad SMARTS) is 1. The van der Waals surface area contributed by atoms with Gasteiger partial charge in [0.25, 0.3) is 0 Å². The zero-order valence-electron chi connectivity index (χ0n) is 10.5. The second kappa shape index (κ2) is 4.47. The molecule has 1 aromatic carbocycles. The van der Waals surface area contributed by atoms with E-state index in [0.717, 1.165) is 12.8 Å². The smallest absolute Gasteiger partial charge is 0.336 e. The van der Waals surface area contributed by atoms with Gasteiger partial charge in [-0.15, -0.1) is 0 Å². The molecule has 0 radical (unpaired) electrons. The molecule has 2 N–H and O–H groups in total. The van der Waals surface area contributed by atoms with Gasteiger partial charge in [0.2, 0.25) is 10.0 Å². The van der Waals surface area contributed by atoms with E-state index in [9.17, 15) is 13.2 Å². The van der Waals surface area contributed by atoms with Crippen LogP contribution in [-0.4, -0.2) is 25.0 Å². The zero-order chi connectivity index (χ0) is 14.4. The van der Waals surface area contributed by atoms with Gasteiger partial charge in [0.1, 0.15) is 0 Å². The zero-order valence-corrected chi connectivity index (χ0v) is 12.1. The van der Waals surface area contributed by atoms with E-state index in [1.807, 2.05) is 6.92 Å². The molecular formula is C12H14ClNO4S. The topological polar surface area (TPSA) is 83.5 Å². The average Bonchev–Trinajstić information content (AvgIpc) is 2.97. The van der Waals surface area contributed by atoms with Gasteiger partial charge in [-0.1, -0.05) is 11.6 Å². The number of sulfonamides is 1. The maximum atomic E-state index is 12.3. The van der Waals surface area contributed by atoms with Crippen LogP contribution < -0.4 is 4.72 Å². The van der Waals surface area contributed by atoms with Crippen LogP contribution >= 0.6 is 11.6 Å². The molecule has 0 spiro atoms. The molecule has 0 bridgehead atoms. The molecule has 7 heteroatoms. The third-order valence-electron chi connectivity index (χ3n) is 3.23. The number of carbonyl (C=O) groups is 1. The third-order valence-corrected chi connectivity index (χ3v) is 5.21. The van der Waals surface area contributed by atoms with Crippen molar-refractivity contribution in [3.05, 3.63) is 28.3 Å². The predicted molar refractivity (Wildman–Crippen MR) is 71.1 cm³/mol. The Balaban J connectivity index is 2.53. The first-order valence-electron chi connectivity index (χ1n) is 5.72. The number of rotatable bonds is 4. The van der Waals surface area contributed by atoms with Gasteiger partial charge in [-0.3, -0.25) is 0 Å². The quantitative estimate of drug-likeness (QED) is 0.893. The summed E-state index contributed by atoms with van der Waals surface area (Å²) in [6.07, 6.45) is 1.55. The summed E-state index contributed by atoms with van der Waals surface area (Å²) in [4.78, 5) is 11.0. The van der Waals surface area contributed by atoms with E-state index in [-0.39, 0.29) is 21.0 Å². The lowest BCUT2D eigenvalue weighted by Gasteiger charge is -2.15. The molecule has 0 saturated heterocycles. The van der Waals surface area contributed by atoms with E-state index < -0.39 is 21.5 Å². The molecule has 5 nitrogen and oxygen atoms in total. The highest BCUT2D eigenvalue weighted by molar-refractivity contribution is 7.89. The minimum absolute atomic E-state index is 0.0782. The van der Waals surface area contributed by atoms with Gasteiger partial charge in [0.15, 0.2) is 0 Å². The van der Waals surface area contributed by atoms with Gasteiger partial charge < -0.3 is 5.11 Å². The van der Waals surface area contributed by atoms with Gasteiger partial charge in [-0.05, 0) is 44.4 Å². The minimum Gasteiger partial charge on any atom is -0.478 e. The van der Waals surface area contributed by atoms with Crippen LogP contribution in [0.1, 0.15) is 35.7 Å². The fourth-order valence-corrected chi connectivity index (χ4v) is 3.87. The summed E-state index contributed by atoms with van der Waals surface area (Å²) in [5, 5.41) is 9.14. The molecule has 1 aromatic rings. The standard InChI is InChI=1S/C12H14ClNO4S/c1-7-9(11(15)16)5-8(13)6-10(7)19(17,18)14-12(2)3-4-12/h5-6,14H,3-4H2,1-2H3,(H,15,16). The monoisotopic (exact) mass is 303 g/mol. The minimum atomic E-state index is -3.76. The van der Waals surface area contributed by atoms with E-state index in [4.69, 9.17) is 16.7 Å². The Bertz CT molecular complexity index is 650. The Morgan fingerprint density at radius 3 is 2.47 bits per heavy atom. The van der Waals surface area contributed by atoms with Gasteiger partial charge in [-0.2, -0.15) is 0 Å². The van der Waals surface area contributed by atoms with Crippen molar-refractivity contribution in [1.82, 2.24) is 4.72 Å². The van der Waals surface area contributed by atoms with E-state index in [1.165, 1.54) is 19.1 Å². The van der Waals surface area contributed by atoms with Crippen LogP contribution in [0.25, 0.3) is 0 Å². The predicted octanol–water partition coefficient (Wildman–Crippen LogP) is 2.18. The first-order valence-corrected chi connectivity index (χ1v) is 7.58. The van der Waals surface area contributed by atoms with Crippen LogP contribution in [-0.2, 0) is 10.0 Å². The first-order chi connectivity index (χ1) is 8.65. The SMILES string of the molecule is Cc1c(C(=O)O)cc(Cl)cc1S(=O)(=O)NC1(C)CC1. The fourth-order valence-electron chi connectivity index (χ4n) is 1.82. The molecule has 1 saturated carbocycles. The van der Waals surface area contributed by atoms with Crippen molar-refractivity contribution in [3.63, 3.8) is 0 Å². The van der Waals surface area contributed by atoms with E-state index in [0.29, 0.717) is 0 Å². The van der Waals surface area contributed by atoms with Crippen molar-refractivity contribution in [2.45, 2.75) is 37.1 Å². The second-order valence-electron chi connectivity index (χ2n) is 5.05. The maximum absolute atomic E-state index is 12.3. The number of hydrogen-bond donors (Lipinski definition) is 2. The van der Waals surface area contributed by atoms with Crippen LogP contribution in [0, 0.1) is 6.92 Å². The molecule has 1 fully saturated rings. The van der Waals surface area contributed by atoms with Gasteiger partial charge in [0, 0.05) is 10.6 Å². The summed E-state index contributed by atoms with van der Waals surface area (Å²) >= 11 is 5.80.